The number of ether oxygens (including phenoxy) is 2. The molecule has 0 aliphatic heterocycles. The number of carbonyl (C=O) groups excluding carboxylic acids is 1. The number of aliphatic hydroxyl groups is 1. The summed E-state index contributed by atoms with van der Waals surface area (Å²) in [7, 11) is 1.28. The highest BCUT2D eigenvalue weighted by molar-refractivity contribution is 5.86. The molecule has 0 radical (unpaired) electrons. The highest BCUT2D eigenvalue weighted by Gasteiger charge is 2.24. The first-order valence-electron chi connectivity index (χ1n) is 6.33. The molecule has 0 spiro atoms. The zero-order valence-electron chi connectivity index (χ0n) is 11.2. The van der Waals surface area contributed by atoms with Gasteiger partial charge in [0.1, 0.15) is 5.75 Å². The van der Waals surface area contributed by atoms with E-state index in [-0.39, 0.29) is 12.4 Å². The van der Waals surface area contributed by atoms with E-state index in [1.54, 1.807) is 0 Å². The van der Waals surface area contributed by atoms with E-state index >= 15 is 0 Å². The van der Waals surface area contributed by atoms with E-state index < -0.39 is 5.97 Å². The Morgan fingerprint density at radius 2 is 2.21 bits per heavy atom. The number of carbonyl (C=O) groups is 1. The van der Waals surface area contributed by atoms with Gasteiger partial charge in [-0.05, 0) is 49.0 Å². The minimum absolute atomic E-state index is 0.0149. The second-order valence-electron chi connectivity index (χ2n) is 4.64. The Balaban J connectivity index is 2.22. The molecular weight excluding hydrogens is 244 g/mol. The summed E-state index contributed by atoms with van der Waals surface area (Å²) in [4.78, 5) is 11.5. The lowest BCUT2D eigenvalue weighted by molar-refractivity contribution is -0.138. The zero-order chi connectivity index (χ0) is 13.8. The third-order valence-electron chi connectivity index (χ3n) is 3.14. The van der Waals surface area contributed by atoms with Crippen molar-refractivity contribution >= 4 is 5.97 Å². The van der Waals surface area contributed by atoms with Crippen molar-refractivity contribution in [2.75, 3.05) is 13.7 Å². The largest absolute Gasteiger partial charge is 0.463 e. The first-order chi connectivity index (χ1) is 9.15. The molecule has 0 bridgehead atoms. The van der Waals surface area contributed by atoms with E-state index in [9.17, 15) is 4.79 Å². The first-order valence-corrected chi connectivity index (χ1v) is 6.33. The molecule has 1 aromatic carbocycles. The fourth-order valence-electron chi connectivity index (χ4n) is 1.87. The summed E-state index contributed by atoms with van der Waals surface area (Å²) < 4.78 is 10.2. The van der Waals surface area contributed by atoms with Crippen molar-refractivity contribution in [3.8, 4) is 5.75 Å². The molecule has 1 aliphatic rings. The molecule has 19 heavy (non-hydrogen) atoms. The predicted molar refractivity (Wildman–Crippen MR) is 71.0 cm³/mol. The monoisotopic (exact) mass is 262 g/mol. The van der Waals surface area contributed by atoms with Crippen LogP contribution in [-0.2, 0) is 9.53 Å². The van der Waals surface area contributed by atoms with Gasteiger partial charge in [-0.2, -0.15) is 0 Å². The Morgan fingerprint density at radius 1 is 1.47 bits per heavy atom. The molecule has 1 N–H and O–H groups in total. The number of rotatable bonds is 5. The lowest BCUT2D eigenvalue weighted by atomic mass is 10.1. The molecule has 1 fully saturated rings. The van der Waals surface area contributed by atoms with E-state index in [0.717, 1.165) is 5.56 Å². The number of aryl methyl sites for hydroxylation is 1. The summed E-state index contributed by atoms with van der Waals surface area (Å²) in [6.07, 6.45) is 3.72. The molecule has 0 saturated heterocycles. The van der Waals surface area contributed by atoms with Crippen molar-refractivity contribution in [3.05, 3.63) is 41.2 Å². The molecule has 0 atom stereocenters. The maximum absolute atomic E-state index is 11.5. The number of hydrogen-bond acceptors (Lipinski definition) is 4. The third kappa shape index (κ3) is 3.35. The van der Waals surface area contributed by atoms with Gasteiger partial charge in [0, 0.05) is 0 Å². The summed E-state index contributed by atoms with van der Waals surface area (Å²) in [6.45, 7) is 1.64. The predicted octanol–water partition coefficient (Wildman–Crippen LogP) is 2.30. The van der Waals surface area contributed by atoms with Crippen molar-refractivity contribution in [1.29, 1.82) is 0 Å². The van der Waals surface area contributed by atoms with Crippen molar-refractivity contribution in [1.82, 2.24) is 0 Å². The van der Waals surface area contributed by atoms with Crippen molar-refractivity contribution in [2.24, 2.45) is 0 Å². The lowest BCUT2D eigenvalue weighted by Gasteiger charge is -2.12. The minimum atomic E-state index is -0.592. The molecule has 4 nitrogen and oxygen atoms in total. The number of methoxy groups -OCH3 is 1. The zero-order valence-corrected chi connectivity index (χ0v) is 11.2. The SMILES string of the molecule is COC(=O)/C(=C/CO)Oc1cc(C2CC2)ccc1C. The summed E-state index contributed by atoms with van der Waals surface area (Å²) in [6, 6.07) is 6.03. The van der Waals surface area contributed by atoms with Crippen LogP contribution in [0.5, 0.6) is 5.75 Å². The minimum Gasteiger partial charge on any atom is -0.463 e. The van der Waals surface area contributed by atoms with Crippen LogP contribution in [0.25, 0.3) is 0 Å². The van der Waals surface area contributed by atoms with Crippen LogP contribution in [0.4, 0.5) is 0 Å². The van der Waals surface area contributed by atoms with Gasteiger partial charge in [-0.3, -0.25) is 0 Å². The van der Waals surface area contributed by atoms with Crippen molar-refractivity contribution in [3.63, 3.8) is 0 Å². The number of hydrogen-bond donors (Lipinski definition) is 1. The molecule has 102 valence electrons. The van der Waals surface area contributed by atoms with E-state index in [1.807, 2.05) is 19.1 Å². The van der Waals surface area contributed by atoms with E-state index in [0.29, 0.717) is 11.7 Å². The number of benzene rings is 1. The third-order valence-corrected chi connectivity index (χ3v) is 3.14. The molecule has 1 aromatic rings. The second-order valence-corrected chi connectivity index (χ2v) is 4.64. The van der Waals surface area contributed by atoms with Gasteiger partial charge in [-0.1, -0.05) is 12.1 Å². The Morgan fingerprint density at radius 3 is 2.79 bits per heavy atom. The Hall–Kier alpha value is -1.81. The molecule has 0 amide bonds. The number of aliphatic hydroxyl groups excluding tert-OH is 1. The van der Waals surface area contributed by atoms with Crippen LogP contribution in [0, 0.1) is 6.92 Å². The van der Waals surface area contributed by atoms with Gasteiger partial charge in [0.05, 0.1) is 13.7 Å². The summed E-state index contributed by atoms with van der Waals surface area (Å²) in [5, 5.41) is 8.92. The average molecular weight is 262 g/mol. The maximum atomic E-state index is 11.5. The maximum Gasteiger partial charge on any atom is 0.373 e. The van der Waals surface area contributed by atoms with Gasteiger partial charge in [-0.15, -0.1) is 0 Å². The van der Waals surface area contributed by atoms with Gasteiger partial charge < -0.3 is 14.6 Å². The molecule has 0 aromatic heterocycles. The van der Waals surface area contributed by atoms with Crippen LogP contribution in [0.15, 0.2) is 30.0 Å². The summed E-state index contributed by atoms with van der Waals surface area (Å²) in [5.74, 6) is 0.673. The van der Waals surface area contributed by atoms with E-state index in [1.165, 1.54) is 31.6 Å². The lowest BCUT2D eigenvalue weighted by Crippen LogP contribution is -2.12. The van der Waals surface area contributed by atoms with Crippen LogP contribution in [-0.4, -0.2) is 24.8 Å². The van der Waals surface area contributed by atoms with Crippen LogP contribution in [0.2, 0.25) is 0 Å². The first kappa shape index (κ1) is 13.6. The summed E-state index contributed by atoms with van der Waals surface area (Å²) in [5.41, 5.74) is 2.17. The van der Waals surface area contributed by atoms with Gasteiger partial charge in [-0.25, -0.2) is 4.79 Å². The normalized spacial score (nSPS) is 15.2. The van der Waals surface area contributed by atoms with Crippen LogP contribution < -0.4 is 4.74 Å². The van der Waals surface area contributed by atoms with Crippen molar-refractivity contribution in [2.45, 2.75) is 25.7 Å². The van der Waals surface area contributed by atoms with Gasteiger partial charge in [0.15, 0.2) is 0 Å². The van der Waals surface area contributed by atoms with Gasteiger partial charge in [0.25, 0.3) is 0 Å². The average Bonchev–Trinajstić information content (AvgIpc) is 3.24. The Kier molecular flexibility index (Phi) is 4.22. The Labute approximate surface area is 112 Å². The molecule has 0 unspecified atom stereocenters. The molecule has 2 rings (SSSR count). The molecule has 1 aliphatic carbocycles. The molecule has 4 heteroatoms. The van der Waals surface area contributed by atoms with Crippen LogP contribution in [0.1, 0.15) is 29.9 Å². The highest BCUT2D eigenvalue weighted by atomic mass is 16.6. The fraction of sp³-hybridized carbons (Fsp3) is 0.400. The standard InChI is InChI=1S/C15H18O4/c1-10-3-4-12(11-5-6-11)9-14(10)19-13(7-8-16)15(17)18-2/h3-4,7,9,11,16H,5-6,8H2,1-2H3/b13-7-. The Bertz CT molecular complexity index is 501. The topological polar surface area (TPSA) is 55.8 Å². The van der Waals surface area contributed by atoms with Gasteiger partial charge in [0.2, 0.25) is 5.76 Å². The smallest absolute Gasteiger partial charge is 0.373 e. The quantitative estimate of drug-likeness (QED) is 0.502. The van der Waals surface area contributed by atoms with Crippen molar-refractivity contribution < 1.29 is 19.4 Å². The number of esters is 1. The molecule has 1 saturated carbocycles. The van der Waals surface area contributed by atoms with Crippen LogP contribution in [0.3, 0.4) is 0 Å². The summed E-state index contributed by atoms with van der Waals surface area (Å²) >= 11 is 0. The van der Waals surface area contributed by atoms with E-state index in [2.05, 4.69) is 10.8 Å². The van der Waals surface area contributed by atoms with Gasteiger partial charge >= 0.3 is 5.97 Å². The molecule has 0 heterocycles. The van der Waals surface area contributed by atoms with Crippen LogP contribution >= 0.6 is 0 Å². The van der Waals surface area contributed by atoms with E-state index in [4.69, 9.17) is 9.84 Å². The highest BCUT2D eigenvalue weighted by Crippen LogP contribution is 2.41. The fourth-order valence-corrected chi connectivity index (χ4v) is 1.87. The molecular formula is C15H18O4. The second kappa shape index (κ2) is 5.89.